The molecule has 24 heavy (non-hydrogen) atoms. The Morgan fingerprint density at radius 2 is 2.17 bits per heavy atom. The van der Waals surface area contributed by atoms with Gasteiger partial charge in [-0.3, -0.25) is 4.79 Å². The molecule has 1 aromatic carbocycles. The summed E-state index contributed by atoms with van der Waals surface area (Å²) in [6.07, 6.45) is 3.58. The predicted octanol–water partition coefficient (Wildman–Crippen LogP) is 3.75. The number of furan rings is 1. The fourth-order valence-electron chi connectivity index (χ4n) is 2.54. The number of rotatable bonds is 6. The summed E-state index contributed by atoms with van der Waals surface area (Å²) < 4.78 is 5.18. The number of halogens is 1. The Labute approximate surface area is 145 Å². The van der Waals surface area contributed by atoms with Gasteiger partial charge in [-0.25, -0.2) is 0 Å². The van der Waals surface area contributed by atoms with Crippen LogP contribution in [-0.4, -0.2) is 35.7 Å². The standard InChI is InChI=1S/C18H17ClN2O3/c1-2-9-21(18(22)17-4-3-10-23-17)12-15-11-16(20-24-15)13-5-7-14(19)8-6-13/h2-8,10,15H,1,9,11-12H2/t15-/m0/s1. The average molecular weight is 345 g/mol. The fraction of sp³-hybridized carbons (Fsp3) is 0.222. The van der Waals surface area contributed by atoms with Crippen LogP contribution in [0.3, 0.4) is 0 Å². The van der Waals surface area contributed by atoms with E-state index in [0.29, 0.717) is 30.3 Å². The third-order valence-electron chi connectivity index (χ3n) is 3.70. The molecule has 1 aromatic heterocycles. The minimum absolute atomic E-state index is 0.191. The van der Waals surface area contributed by atoms with E-state index in [-0.39, 0.29) is 12.0 Å². The molecule has 0 bridgehead atoms. The normalized spacial score (nSPS) is 16.4. The number of benzene rings is 1. The molecule has 0 fully saturated rings. The summed E-state index contributed by atoms with van der Waals surface area (Å²) >= 11 is 5.90. The van der Waals surface area contributed by atoms with Crippen molar-refractivity contribution in [1.29, 1.82) is 0 Å². The van der Waals surface area contributed by atoms with Crippen molar-refractivity contribution >= 4 is 23.2 Å². The van der Waals surface area contributed by atoms with Gasteiger partial charge in [-0.1, -0.05) is 35.0 Å². The van der Waals surface area contributed by atoms with Crippen molar-refractivity contribution in [3.63, 3.8) is 0 Å². The Kier molecular flexibility index (Phi) is 5.01. The van der Waals surface area contributed by atoms with Crippen LogP contribution in [0, 0.1) is 0 Å². The lowest BCUT2D eigenvalue weighted by molar-refractivity contribution is 0.0432. The van der Waals surface area contributed by atoms with Crippen LogP contribution in [0.5, 0.6) is 0 Å². The topological polar surface area (TPSA) is 55.0 Å². The van der Waals surface area contributed by atoms with Crippen LogP contribution in [0.25, 0.3) is 0 Å². The van der Waals surface area contributed by atoms with Gasteiger partial charge in [0.25, 0.3) is 5.91 Å². The van der Waals surface area contributed by atoms with Crippen molar-refractivity contribution in [2.45, 2.75) is 12.5 Å². The second-order valence-corrected chi connectivity index (χ2v) is 5.89. The summed E-state index contributed by atoms with van der Waals surface area (Å²) in [5, 5.41) is 4.82. The minimum Gasteiger partial charge on any atom is -0.459 e. The number of amides is 1. The molecule has 3 rings (SSSR count). The summed E-state index contributed by atoms with van der Waals surface area (Å²) in [4.78, 5) is 19.6. The van der Waals surface area contributed by atoms with Gasteiger partial charge in [-0.05, 0) is 29.8 Å². The maximum absolute atomic E-state index is 12.4. The van der Waals surface area contributed by atoms with Crippen molar-refractivity contribution in [2.24, 2.45) is 5.16 Å². The molecule has 1 amide bonds. The number of oxime groups is 1. The van der Waals surface area contributed by atoms with Crippen LogP contribution in [0.1, 0.15) is 22.5 Å². The molecule has 0 saturated carbocycles. The molecule has 124 valence electrons. The Balaban J connectivity index is 1.64. The van der Waals surface area contributed by atoms with Crippen molar-refractivity contribution in [2.75, 3.05) is 13.1 Å². The van der Waals surface area contributed by atoms with E-state index in [4.69, 9.17) is 20.9 Å². The van der Waals surface area contributed by atoms with Crippen LogP contribution >= 0.6 is 11.6 Å². The lowest BCUT2D eigenvalue weighted by Crippen LogP contribution is -2.37. The number of carbonyl (C=O) groups is 1. The first-order valence-corrected chi connectivity index (χ1v) is 7.97. The van der Waals surface area contributed by atoms with Crippen LogP contribution in [0.15, 0.2) is 64.9 Å². The molecule has 0 N–H and O–H groups in total. The van der Waals surface area contributed by atoms with Gasteiger partial charge in [0.2, 0.25) is 0 Å². The molecule has 0 spiro atoms. The zero-order chi connectivity index (χ0) is 16.9. The molecule has 0 unspecified atom stereocenters. The van der Waals surface area contributed by atoms with Crippen molar-refractivity contribution in [3.05, 3.63) is 71.7 Å². The lowest BCUT2D eigenvalue weighted by Gasteiger charge is -2.22. The van der Waals surface area contributed by atoms with Crippen LogP contribution < -0.4 is 0 Å². The first kappa shape index (κ1) is 16.3. The highest BCUT2D eigenvalue weighted by molar-refractivity contribution is 6.30. The van der Waals surface area contributed by atoms with E-state index in [0.717, 1.165) is 11.3 Å². The van der Waals surface area contributed by atoms with E-state index in [9.17, 15) is 4.79 Å². The Hall–Kier alpha value is -2.53. The molecule has 5 nitrogen and oxygen atoms in total. The quantitative estimate of drug-likeness (QED) is 0.750. The Bertz CT molecular complexity index is 738. The van der Waals surface area contributed by atoms with Gasteiger partial charge in [0.1, 0.15) is 0 Å². The van der Waals surface area contributed by atoms with E-state index in [1.54, 1.807) is 23.1 Å². The van der Waals surface area contributed by atoms with Crippen LogP contribution in [-0.2, 0) is 4.84 Å². The van der Waals surface area contributed by atoms with Gasteiger partial charge in [0.05, 0.1) is 18.5 Å². The third kappa shape index (κ3) is 3.68. The Morgan fingerprint density at radius 3 is 2.83 bits per heavy atom. The second kappa shape index (κ2) is 7.36. The number of hydrogen-bond donors (Lipinski definition) is 0. The van der Waals surface area contributed by atoms with E-state index in [1.165, 1.54) is 6.26 Å². The van der Waals surface area contributed by atoms with Gasteiger partial charge in [-0.2, -0.15) is 0 Å². The minimum atomic E-state index is -0.199. The third-order valence-corrected chi connectivity index (χ3v) is 3.96. The first-order chi connectivity index (χ1) is 11.7. The van der Waals surface area contributed by atoms with Gasteiger partial charge >= 0.3 is 0 Å². The van der Waals surface area contributed by atoms with E-state index in [1.807, 2.05) is 24.3 Å². The summed E-state index contributed by atoms with van der Waals surface area (Å²) in [6, 6.07) is 10.8. The first-order valence-electron chi connectivity index (χ1n) is 7.59. The van der Waals surface area contributed by atoms with Crippen molar-refractivity contribution in [3.8, 4) is 0 Å². The largest absolute Gasteiger partial charge is 0.459 e. The zero-order valence-electron chi connectivity index (χ0n) is 13.0. The summed E-state index contributed by atoms with van der Waals surface area (Å²) in [5.41, 5.74) is 1.81. The summed E-state index contributed by atoms with van der Waals surface area (Å²) in [7, 11) is 0. The molecule has 1 aliphatic rings. The lowest BCUT2D eigenvalue weighted by atomic mass is 10.0. The van der Waals surface area contributed by atoms with Gasteiger partial charge < -0.3 is 14.2 Å². The molecule has 6 heteroatoms. The SMILES string of the molecule is C=CCN(C[C@@H]1CC(c2ccc(Cl)cc2)=NO1)C(=O)c1ccco1. The summed E-state index contributed by atoms with van der Waals surface area (Å²) in [6.45, 7) is 4.52. The van der Waals surface area contributed by atoms with E-state index >= 15 is 0 Å². The Morgan fingerprint density at radius 1 is 1.38 bits per heavy atom. The van der Waals surface area contributed by atoms with Crippen molar-refractivity contribution in [1.82, 2.24) is 4.90 Å². The number of hydrogen-bond acceptors (Lipinski definition) is 4. The highest BCUT2D eigenvalue weighted by atomic mass is 35.5. The fourth-order valence-corrected chi connectivity index (χ4v) is 2.66. The maximum atomic E-state index is 12.4. The molecule has 1 aliphatic heterocycles. The average Bonchev–Trinajstić information content (AvgIpc) is 3.26. The molecule has 0 radical (unpaired) electrons. The summed E-state index contributed by atoms with van der Waals surface area (Å²) in [5.74, 6) is 0.108. The van der Waals surface area contributed by atoms with Gasteiger partial charge in [0, 0.05) is 18.0 Å². The smallest absolute Gasteiger partial charge is 0.289 e. The van der Waals surface area contributed by atoms with Crippen LogP contribution in [0.2, 0.25) is 5.02 Å². The van der Waals surface area contributed by atoms with Crippen molar-refractivity contribution < 1.29 is 14.0 Å². The molecule has 0 aliphatic carbocycles. The van der Waals surface area contributed by atoms with Gasteiger partial charge in [0.15, 0.2) is 11.9 Å². The highest BCUT2D eigenvalue weighted by Gasteiger charge is 2.27. The molecule has 1 atom stereocenters. The molecule has 2 heterocycles. The zero-order valence-corrected chi connectivity index (χ0v) is 13.8. The van der Waals surface area contributed by atoms with E-state index in [2.05, 4.69) is 11.7 Å². The second-order valence-electron chi connectivity index (χ2n) is 5.45. The maximum Gasteiger partial charge on any atom is 0.289 e. The van der Waals surface area contributed by atoms with E-state index < -0.39 is 0 Å². The molecule has 0 saturated heterocycles. The molecular weight excluding hydrogens is 328 g/mol. The van der Waals surface area contributed by atoms with Crippen LogP contribution in [0.4, 0.5) is 0 Å². The predicted molar refractivity (Wildman–Crippen MR) is 92.3 cm³/mol. The number of nitrogens with zero attached hydrogens (tertiary/aromatic N) is 2. The molecule has 2 aromatic rings. The molecular formula is C18H17ClN2O3. The number of carbonyl (C=O) groups excluding carboxylic acids is 1. The highest BCUT2D eigenvalue weighted by Crippen LogP contribution is 2.20. The van der Waals surface area contributed by atoms with Gasteiger partial charge in [-0.15, -0.1) is 6.58 Å². The monoisotopic (exact) mass is 344 g/mol.